The molecule has 2 aliphatic rings. The third kappa shape index (κ3) is 38.0. The van der Waals surface area contributed by atoms with Gasteiger partial charge < -0.3 is 47.4 Å². The SMILES string of the molecule is CC[C@H](C)[C@H](NC(=O)[C@H](CCCCN)NC(=O)[C@@H]1CS[Se]C[C@H](NC(=O)CNC(=O)[C@H](CC(=O)O)NC(=O)[C@H](CC(=O)O)NC(=O)[C@H](CCC(N)=O)NC(=O)[C@@H](NC(=O)[C@H](CO)NC(=O)[C@@H]2CCCN2C(=O)[C@@H](NC(=O)[C@H](CC(C)C)NC(C)=O)C(C)C)[C@@H](C)CC)C(=O)N[C@@H](CCC(=O)O)C(=O)N[C@@H](CO)C(=O)NCC(=O)N[C@@H](C)C(=O)N1)C(=O)O. The van der Waals surface area contributed by atoms with Gasteiger partial charge in [-0.3, -0.25) is 43.2 Å². The van der Waals surface area contributed by atoms with E-state index in [2.05, 4.69) is 74.4 Å². The van der Waals surface area contributed by atoms with Crippen molar-refractivity contribution in [3.8, 4) is 0 Å². The normalized spacial score (nSPS) is 20.2. The van der Waals surface area contributed by atoms with Crippen molar-refractivity contribution in [2.45, 2.75) is 255 Å². The van der Waals surface area contributed by atoms with Crippen LogP contribution in [0.3, 0.4) is 0 Å². The van der Waals surface area contributed by atoms with Crippen LogP contribution in [0.2, 0.25) is 5.32 Å². The van der Waals surface area contributed by atoms with Crippen molar-refractivity contribution >= 4 is 154 Å². The first-order valence-corrected chi connectivity index (χ1v) is 43.8. The number of hydrogen-bond donors (Lipinski definition) is 24. The Morgan fingerprint density at radius 3 is 1.66 bits per heavy atom. The van der Waals surface area contributed by atoms with Crippen LogP contribution in [-0.2, 0) is 105 Å². The van der Waals surface area contributed by atoms with Crippen LogP contribution in [-0.4, -0.2) is 315 Å². The number of aliphatic hydroxyl groups is 2. The number of carbonyl (C=O) groups is 22. The van der Waals surface area contributed by atoms with Gasteiger partial charge in [-0.25, -0.2) is 0 Å². The zero-order valence-electron chi connectivity index (χ0n) is 69.6. The summed E-state index contributed by atoms with van der Waals surface area (Å²) in [5.74, 6) is -28.6. The number of unbranched alkanes of at least 4 members (excludes halogenated alkanes) is 1. The van der Waals surface area contributed by atoms with Gasteiger partial charge in [0, 0.05) is 19.9 Å². The average molecular weight is 1820 g/mol. The summed E-state index contributed by atoms with van der Waals surface area (Å²) >= 11 is -1.07. The molecule has 18 amide bonds. The second kappa shape index (κ2) is 54.5. The molecule has 0 spiro atoms. The van der Waals surface area contributed by atoms with E-state index in [1.54, 1.807) is 34.6 Å². The van der Waals surface area contributed by atoms with E-state index in [9.17, 15) is 136 Å². The summed E-state index contributed by atoms with van der Waals surface area (Å²) in [5, 5.41) is 96.6. The van der Waals surface area contributed by atoms with Crippen molar-refractivity contribution in [3.63, 3.8) is 0 Å². The number of carbonyl (C=O) groups excluding carboxylic acids is 18. The Kier molecular flexibility index (Phi) is 47.8. The van der Waals surface area contributed by atoms with Gasteiger partial charge >= 0.3 is 424 Å². The molecule has 0 radical (unpaired) electrons. The van der Waals surface area contributed by atoms with Crippen LogP contribution in [0, 0.1) is 23.7 Å². The molecule has 2 rings (SSSR count). The Morgan fingerprint density at radius 2 is 1.11 bits per heavy atom. The number of nitrogens with two attached hydrogens (primary N) is 2. The molecule has 2 fully saturated rings. The Labute approximate surface area is 712 Å². The van der Waals surface area contributed by atoms with Crippen LogP contribution >= 0.6 is 10.2 Å². The fraction of sp³-hybridized carbons (Fsp3) is 0.699. The number of aliphatic hydroxyl groups excluding tert-OH is 2. The van der Waals surface area contributed by atoms with Crippen LogP contribution in [0.1, 0.15) is 159 Å². The van der Waals surface area contributed by atoms with Crippen molar-refractivity contribution in [3.05, 3.63) is 0 Å². The number of nitrogens with one attached hydrogen (secondary N) is 16. The van der Waals surface area contributed by atoms with Gasteiger partial charge in [-0.15, -0.1) is 0 Å². The molecule has 49 heteroatoms. The number of carboxylic acids is 4. The van der Waals surface area contributed by atoms with Crippen LogP contribution in [0.4, 0.5) is 0 Å². The Morgan fingerprint density at radius 1 is 0.574 bits per heavy atom. The van der Waals surface area contributed by atoms with Crippen molar-refractivity contribution in [1.29, 1.82) is 0 Å². The third-order valence-electron chi connectivity index (χ3n) is 19.3. The summed E-state index contributed by atoms with van der Waals surface area (Å²) in [6.07, 6.45) is -4.09. The molecule has 2 aliphatic heterocycles. The molecule has 17 atom stereocenters. The molecule has 2 heterocycles. The number of likely N-dealkylation sites (tertiary alicyclic amines) is 1. The summed E-state index contributed by atoms with van der Waals surface area (Å²) in [6.45, 7) is 11.5. The quantitative estimate of drug-likeness (QED) is 0.0199. The van der Waals surface area contributed by atoms with Crippen molar-refractivity contribution in [2.75, 3.05) is 45.1 Å². The molecule has 0 bridgehead atoms. The van der Waals surface area contributed by atoms with E-state index >= 15 is 0 Å². The Balaban J connectivity index is 2.57. The van der Waals surface area contributed by atoms with Crippen molar-refractivity contribution < 1.29 is 136 Å². The molecule has 2 saturated heterocycles. The number of aliphatic carboxylic acids is 4. The van der Waals surface area contributed by atoms with Gasteiger partial charge in [0.05, 0.1) is 6.61 Å². The molecule has 0 aromatic carbocycles. The first kappa shape index (κ1) is 107. The van der Waals surface area contributed by atoms with Gasteiger partial charge in [-0.2, -0.15) is 0 Å². The minimum absolute atomic E-state index is 0.0371. The average Bonchev–Trinajstić information content (AvgIpc) is 1.64. The second-order valence-corrected chi connectivity index (χ2v) is 34.5. The molecule has 47 nitrogen and oxygen atoms in total. The zero-order chi connectivity index (χ0) is 92.5. The molecule has 0 aromatic heterocycles. The Hall–Kier alpha value is -10.9. The van der Waals surface area contributed by atoms with Gasteiger partial charge in [-0.05, 0) is 43.4 Å². The second-order valence-electron chi connectivity index (χ2n) is 30.1. The maximum atomic E-state index is 14.4. The fourth-order valence-electron chi connectivity index (χ4n) is 12.1. The van der Waals surface area contributed by atoms with Crippen LogP contribution in [0.25, 0.3) is 0 Å². The van der Waals surface area contributed by atoms with Gasteiger partial charge in [0.25, 0.3) is 0 Å². The predicted molar refractivity (Wildman–Crippen MR) is 430 cm³/mol. The van der Waals surface area contributed by atoms with E-state index < -0.39 is 328 Å². The van der Waals surface area contributed by atoms with Gasteiger partial charge in [0.1, 0.15) is 36.3 Å². The molecule has 0 saturated carbocycles. The molecule has 0 aromatic rings. The summed E-state index contributed by atoms with van der Waals surface area (Å²) in [7, 11) is 0.862. The first-order valence-electron chi connectivity index (χ1n) is 39.6. The number of nitrogens with zero attached hydrogens (tertiary/aromatic N) is 1. The molecular weight excluding hydrogens is 1700 g/mol. The molecule has 0 aliphatic carbocycles. The van der Waals surface area contributed by atoms with Gasteiger partial charge in [-0.1, -0.05) is 48.0 Å². The van der Waals surface area contributed by atoms with E-state index in [0.717, 1.165) is 10.2 Å². The third-order valence-corrected chi connectivity index (χ3v) is 23.6. The molecule has 26 N–H and O–H groups in total. The standard InChI is InChI=1S/C73H119N19O28SSe/c1-11-35(7)57(90-67(113)46(30-94)87-70(116)49-17-15-23-92(49)72(118)56(34(5)6)89-66(112)42(24-33(3)4)79-38(10)95)71(117)83-40(18-20-50(75)96)62(108)85-44(26-55(103)104)65(111)84-43(25-54(101)102)60(106)76-28-52(98)80-48-32-122-121-31-47(68(114)81-39(16-13-14-22-74)64(110)91-58(73(119)120)36(8)12-2)88-59(105)37(9)78-51(97)27-77-61(107)45(29-93)86-63(109)41(82-69(48)115)19-21-53(99)100/h33-37,39-49,56-58,93-94H,11-32,74H2,1-10H3,(H2,75,96)(H,76,106)(H,77,107)(H,78,97)(H,79,95)(H,80,98)(H,81,114)(H,82,115)(H,83,117)(H,84,111)(H,85,108)(H,86,109)(H,87,116)(H,88,105)(H,89,112)(H,90,113)(H,91,110)(H,99,100)(H,101,102)(H,103,104)(H,119,120)/t35-,36-,37-,39-,40-,41-,42-,43-,44-,45-,46-,47-,48-,49-,56-,57-,58-/m0/s1. The van der Waals surface area contributed by atoms with Crippen LogP contribution in [0.15, 0.2) is 0 Å². The summed E-state index contributed by atoms with van der Waals surface area (Å²) < 4.78 is 0. The monoisotopic (exact) mass is 1820 g/mol. The molecule has 122 heavy (non-hydrogen) atoms. The Bertz CT molecular complexity index is 3730. The summed E-state index contributed by atoms with van der Waals surface area (Å²) in [5.41, 5.74) is 11.1. The van der Waals surface area contributed by atoms with Gasteiger partial charge in [0.2, 0.25) is 47.3 Å². The van der Waals surface area contributed by atoms with E-state index in [-0.39, 0.29) is 51.1 Å². The van der Waals surface area contributed by atoms with Crippen molar-refractivity contribution in [1.82, 2.24) is 90.0 Å². The molecule has 686 valence electrons. The van der Waals surface area contributed by atoms with Crippen molar-refractivity contribution in [2.24, 2.45) is 35.1 Å². The number of carboxylic acid groups (broad SMARTS) is 4. The first-order chi connectivity index (χ1) is 57.2. The summed E-state index contributed by atoms with van der Waals surface area (Å²) in [4.78, 5) is 297. The van der Waals surface area contributed by atoms with Crippen LogP contribution in [0.5, 0.6) is 0 Å². The van der Waals surface area contributed by atoms with E-state index in [1.165, 1.54) is 25.7 Å². The fourth-order valence-corrected chi connectivity index (χ4v) is 16.2. The minimum atomic E-state index is -2.29. The van der Waals surface area contributed by atoms with E-state index in [4.69, 9.17) is 11.5 Å². The maximum absolute atomic E-state index is 14.4. The van der Waals surface area contributed by atoms with Crippen LogP contribution < -0.4 is 96.5 Å². The predicted octanol–water partition coefficient (Wildman–Crippen LogP) is -9.11. The zero-order valence-corrected chi connectivity index (χ0v) is 72.1. The number of amides is 18. The molecule has 0 unspecified atom stereocenters. The number of primary amides is 1. The number of hydrogen-bond acceptors (Lipinski definition) is 26. The topological polar surface area (TPSA) is 745 Å². The number of rotatable bonds is 46. The van der Waals surface area contributed by atoms with Gasteiger partial charge in [0.15, 0.2) is 0 Å². The van der Waals surface area contributed by atoms with E-state index in [1.807, 2.05) is 24.5 Å². The van der Waals surface area contributed by atoms with E-state index in [0.29, 0.717) is 19.3 Å². The summed E-state index contributed by atoms with van der Waals surface area (Å²) in [6, 6.07) is -25.0. The molecular formula is C73H119N19O28SSe.